The predicted octanol–water partition coefficient (Wildman–Crippen LogP) is 2.76. The topological polar surface area (TPSA) is 65.5 Å². The molecule has 6 nitrogen and oxygen atoms in total. The summed E-state index contributed by atoms with van der Waals surface area (Å²) < 4.78 is 0. The highest BCUT2D eigenvalue weighted by molar-refractivity contribution is 7.15. The van der Waals surface area contributed by atoms with Crippen LogP contribution in [0, 0.1) is 5.92 Å². The number of fused-ring (bicyclic) bond motifs is 1. The summed E-state index contributed by atoms with van der Waals surface area (Å²) in [6.07, 6.45) is 9.31. The first-order valence-electron chi connectivity index (χ1n) is 11.0. The number of thiazole rings is 1. The van der Waals surface area contributed by atoms with Crippen LogP contribution in [0.3, 0.4) is 0 Å². The monoisotopic (exact) mass is 404 g/mol. The van der Waals surface area contributed by atoms with Crippen LogP contribution in [0.15, 0.2) is 0 Å². The molecule has 2 amide bonds. The van der Waals surface area contributed by atoms with Gasteiger partial charge in [0.2, 0.25) is 11.8 Å². The van der Waals surface area contributed by atoms with E-state index in [2.05, 4.69) is 10.2 Å². The first-order chi connectivity index (χ1) is 13.6. The van der Waals surface area contributed by atoms with Crippen molar-refractivity contribution in [1.82, 2.24) is 15.2 Å². The number of carbonyl (C=O) groups is 2. The quantitative estimate of drug-likeness (QED) is 0.838. The molecule has 7 heteroatoms. The lowest BCUT2D eigenvalue weighted by Gasteiger charge is -2.34. The molecule has 0 aromatic carbocycles. The maximum absolute atomic E-state index is 12.7. The fourth-order valence-corrected chi connectivity index (χ4v) is 5.90. The minimum absolute atomic E-state index is 0.0988. The Labute approximate surface area is 171 Å². The number of aromatic nitrogens is 1. The summed E-state index contributed by atoms with van der Waals surface area (Å²) in [5, 5.41) is 4.38. The normalized spacial score (nSPS) is 23.4. The molecule has 1 aromatic rings. The van der Waals surface area contributed by atoms with Crippen molar-refractivity contribution in [1.29, 1.82) is 0 Å². The summed E-state index contributed by atoms with van der Waals surface area (Å²) in [5.41, 5.74) is 1.19. The van der Waals surface area contributed by atoms with Crippen LogP contribution in [-0.2, 0) is 22.4 Å². The lowest BCUT2D eigenvalue weighted by Crippen LogP contribution is -2.48. The second kappa shape index (κ2) is 8.80. The van der Waals surface area contributed by atoms with E-state index in [9.17, 15) is 9.59 Å². The molecule has 0 radical (unpaired) electrons. The Morgan fingerprint density at radius 3 is 2.57 bits per heavy atom. The van der Waals surface area contributed by atoms with Gasteiger partial charge in [-0.3, -0.25) is 9.59 Å². The van der Waals surface area contributed by atoms with Gasteiger partial charge in [-0.2, -0.15) is 0 Å². The summed E-state index contributed by atoms with van der Waals surface area (Å²) in [6.45, 7) is 5.19. The fraction of sp³-hybridized carbons (Fsp3) is 0.762. The molecule has 1 aromatic heterocycles. The van der Waals surface area contributed by atoms with Gasteiger partial charge < -0.3 is 15.1 Å². The Morgan fingerprint density at radius 1 is 1.11 bits per heavy atom. The lowest BCUT2D eigenvalue weighted by molar-refractivity contribution is -0.131. The van der Waals surface area contributed by atoms with E-state index in [4.69, 9.17) is 4.98 Å². The van der Waals surface area contributed by atoms with Crippen LogP contribution in [0.1, 0.15) is 62.4 Å². The zero-order valence-corrected chi connectivity index (χ0v) is 17.7. The maximum atomic E-state index is 12.7. The summed E-state index contributed by atoms with van der Waals surface area (Å²) >= 11 is 1.76. The summed E-state index contributed by atoms with van der Waals surface area (Å²) in [6, 6.07) is 0.391. The Balaban J connectivity index is 1.33. The Morgan fingerprint density at radius 2 is 1.86 bits per heavy atom. The van der Waals surface area contributed by atoms with E-state index in [1.54, 1.807) is 11.3 Å². The molecule has 2 aliphatic carbocycles. The highest BCUT2D eigenvalue weighted by Gasteiger charge is 2.30. The van der Waals surface area contributed by atoms with Crippen molar-refractivity contribution in [3.05, 3.63) is 10.6 Å². The molecule has 0 spiro atoms. The van der Waals surface area contributed by atoms with Crippen LogP contribution in [0.5, 0.6) is 0 Å². The molecule has 2 fully saturated rings. The molecule has 28 heavy (non-hydrogen) atoms. The molecule has 2 heterocycles. The van der Waals surface area contributed by atoms with Gasteiger partial charge in [0.1, 0.15) is 0 Å². The van der Waals surface area contributed by atoms with Crippen molar-refractivity contribution >= 4 is 28.3 Å². The van der Waals surface area contributed by atoms with Gasteiger partial charge in [-0.25, -0.2) is 4.98 Å². The van der Waals surface area contributed by atoms with Gasteiger partial charge in [0, 0.05) is 49.4 Å². The van der Waals surface area contributed by atoms with Crippen LogP contribution in [0.4, 0.5) is 5.13 Å². The fourth-order valence-electron chi connectivity index (χ4n) is 4.66. The first kappa shape index (κ1) is 19.7. The summed E-state index contributed by atoms with van der Waals surface area (Å²) in [5.74, 6) is 0.589. The Hall–Kier alpha value is -1.63. The largest absolute Gasteiger partial charge is 0.353 e. The third-order valence-electron chi connectivity index (χ3n) is 6.46. The predicted molar refractivity (Wildman–Crippen MR) is 112 cm³/mol. The molecular formula is C21H32N4O2S. The van der Waals surface area contributed by atoms with Crippen molar-refractivity contribution in [2.75, 3.05) is 31.1 Å². The Kier molecular flexibility index (Phi) is 6.19. The first-order valence-corrected chi connectivity index (χ1v) is 11.8. The maximum Gasteiger partial charge on any atom is 0.223 e. The molecule has 1 atom stereocenters. The molecule has 0 unspecified atom stereocenters. The zero-order chi connectivity index (χ0) is 19.5. The van der Waals surface area contributed by atoms with Crippen molar-refractivity contribution in [3.8, 4) is 0 Å². The van der Waals surface area contributed by atoms with Crippen LogP contribution >= 0.6 is 11.3 Å². The SMILES string of the molecule is CCC(=O)N1CCN(c2nc3c(s2)C[C@@H](C(=O)NC2CCCCC2)CC3)CC1. The van der Waals surface area contributed by atoms with Crippen LogP contribution in [0.2, 0.25) is 0 Å². The minimum Gasteiger partial charge on any atom is -0.353 e. The second-order valence-corrected chi connectivity index (χ2v) is 9.43. The molecule has 4 rings (SSSR count). The standard InChI is InChI=1S/C21H32N4O2S/c1-2-19(26)24-10-12-25(13-11-24)21-23-17-9-8-15(14-18(17)28-21)20(27)22-16-6-4-3-5-7-16/h15-16H,2-14H2,1H3,(H,22,27)/t15-/m0/s1. The van der Waals surface area contributed by atoms with Gasteiger partial charge in [-0.05, 0) is 32.1 Å². The smallest absolute Gasteiger partial charge is 0.223 e. The van der Waals surface area contributed by atoms with Gasteiger partial charge in [0.25, 0.3) is 0 Å². The molecule has 1 aliphatic heterocycles. The summed E-state index contributed by atoms with van der Waals surface area (Å²) in [7, 11) is 0. The van der Waals surface area contributed by atoms with E-state index in [0.717, 1.165) is 63.4 Å². The molecule has 154 valence electrons. The number of anilines is 1. The molecular weight excluding hydrogens is 372 g/mol. The van der Waals surface area contributed by atoms with Gasteiger partial charge in [-0.1, -0.05) is 26.2 Å². The van der Waals surface area contributed by atoms with Crippen molar-refractivity contribution < 1.29 is 9.59 Å². The van der Waals surface area contributed by atoms with Crippen molar-refractivity contribution in [2.24, 2.45) is 5.92 Å². The van der Waals surface area contributed by atoms with Gasteiger partial charge in [-0.15, -0.1) is 11.3 Å². The van der Waals surface area contributed by atoms with Crippen molar-refractivity contribution in [3.63, 3.8) is 0 Å². The van der Waals surface area contributed by atoms with Crippen LogP contribution in [-0.4, -0.2) is 53.9 Å². The van der Waals surface area contributed by atoms with Crippen LogP contribution in [0.25, 0.3) is 0 Å². The van der Waals surface area contributed by atoms with Gasteiger partial charge >= 0.3 is 0 Å². The number of nitrogens with one attached hydrogen (secondary N) is 1. The van der Waals surface area contributed by atoms with Crippen LogP contribution < -0.4 is 10.2 Å². The third-order valence-corrected chi connectivity index (χ3v) is 7.64. The third kappa shape index (κ3) is 4.34. The zero-order valence-electron chi connectivity index (χ0n) is 16.9. The van der Waals surface area contributed by atoms with Gasteiger partial charge in [0.15, 0.2) is 5.13 Å². The van der Waals surface area contributed by atoms with E-state index >= 15 is 0 Å². The second-order valence-electron chi connectivity index (χ2n) is 8.37. The van der Waals surface area contributed by atoms with E-state index < -0.39 is 0 Å². The van der Waals surface area contributed by atoms with Gasteiger partial charge in [0.05, 0.1) is 5.69 Å². The molecule has 0 bridgehead atoms. The minimum atomic E-state index is 0.0988. The summed E-state index contributed by atoms with van der Waals surface area (Å²) in [4.78, 5) is 35.0. The van der Waals surface area contributed by atoms with E-state index in [1.807, 2.05) is 11.8 Å². The molecule has 1 N–H and O–H groups in total. The number of carbonyl (C=O) groups excluding carboxylic acids is 2. The molecule has 3 aliphatic rings. The molecule has 1 saturated heterocycles. The molecule has 1 saturated carbocycles. The average Bonchev–Trinajstić information content (AvgIpc) is 3.17. The van der Waals surface area contributed by atoms with E-state index in [-0.39, 0.29) is 17.7 Å². The number of hydrogen-bond donors (Lipinski definition) is 1. The number of hydrogen-bond acceptors (Lipinski definition) is 5. The number of piperazine rings is 1. The average molecular weight is 405 g/mol. The number of amides is 2. The highest BCUT2D eigenvalue weighted by Crippen LogP contribution is 2.34. The highest BCUT2D eigenvalue weighted by atomic mass is 32.1. The number of rotatable bonds is 4. The lowest BCUT2D eigenvalue weighted by atomic mass is 9.89. The Bertz CT molecular complexity index is 705. The van der Waals surface area contributed by atoms with E-state index in [1.165, 1.54) is 29.8 Å². The number of nitrogens with zero attached hydrogens (tertiary/aromatic N) is 3. The van der Waals surface area contributed by atoms with Crippen molar-refractivity contribution in [2.45, 2.75) is 70.8 Å². The van der Waals surface area contributed by atoms with E-state index in [0.29, 0.717) is 12.5 Å². The number of aryl methyl sites for hydroxylation is 1.